The van der Waals surface area contributed by atoms with Gasteiger partial charge in [0.05, 0.1) is 0 Å². The first-order valence-electron chi connectivity index (χ1n) is 6.68. The van der Waals surface area contributed by atoms with Gasteiger partial charge in [0, 0.05) is 24.8 Å². The zero-order chi connectivity index (χ0) is 12.7. The summed E-state index contributed by atoms with van der Waals surface area (Å²) in [4.78, 5) is 2.43. The van der Waals surface area contributed by atoms with Crippen LogP contribution < -0.4 is 10.2 Å². The van der Waals surface area contributed by atoms with Crippen LogP contribution in [0.25, 0.3) is 0 Å². The second-order valence-electron chi connectivity index (χ2n) is 4.88. The Morgan fingerprint density at radius 3 is 2.35 bits per heavy atom. The zero-order valence-electron chi connectivity index (χ0n) is 11.7. The van der Waals surface area contributed by atoms with Crippen LogP contribution in [0, 0.1) is 6.92 Å². The maximum atomic E-state index is 3.46. The number of benzene rings is 1. The molecule has 0 aliphatic heterocycles. The van der Waals surface area contributed by atoms with Gasteiger partial charge in [0.25, 0.3) is 0 Å². The van der Waals surface area contributed by atoms with Crippen molar-refractivity contribution in [3.63, 3.8) is 0 Å². The minimum absolute atomic E-state index is 0.587. The second-order valence-corrected chi connectivity index (χ2v) is 4.88. The third-order valence-electron chi connectivity index (χ3n) is 2.94. The van der Waals surface area contributed by atoms with Crippen molar-refractivity contribution in [2.24, 2.45) is 0 Å². The number of rotatable bonds is 7. The number of nitrogens with zero attached hydrogens (tertiary/aromatic N) is 1. The van der Waals surface area contributed by atoms with E-state index < -0.39 is 0 Å². The van der Waals surface area contributed by atoms with Crippen molar-refractivity contribution in [1.82, 2.24) is 5.32 Å². The number of hydrogen-bond acceptors (Lipinski definition) is 2. The molecule has 0 heterocycles. The molecule has 1 aromatic rings. The third-order valence-corrected chi connectivity index (χ3v) is 2.94. The summed E-state index contributed by atoms with van der Waals surface area (Å²) in [6, 6.07) is 9.39. The van der Waals surface area contributed by atoms with Crippen molar-refractivity contribution in [2.45, 2.75) is 40.2 Å². The monoisotopic (exact) mass is 234 g/mol. The number of hydrogen-bond donors (Lipinski definition) is 1. The molecule has 0 radical (unpaired) electrons. The first kappa shape index (κ1) is 14.0. The summed E-state index contributed by atoms with van der Waals surface area (Å²) in [6.07, 6.45) is 1.19. The van der Waals surface area contributed by atoms with E-state index >= 15 is 0 Å². The van der Waals surface area contributed by atoms with Crippen LogP contribution in [0.2, 0.25) is 0 Å². The average Bonchev–Trinajstić information content (AvgIpc) is 2.30. The molecular formula is C15H26N2. The van der Waals surface area contributed by atoms with Crippen LogP contribution >= 0.6 is 0 Å². The molecule has 0 aliphatic rings. The fourth-order valence-electron chi connectivity index (χ4n) is 1.89. The molecule has 2 heteroatoms. The zero-order valence-corrected chi connectivity index (χ0v) is 11.7. The van der Waals surface area contributed by atoms with Gasteiger partial charge in [-0.1, -0.05) is 31.5 Å². The Hall–Kier alpha value is -1.02. The van der Waals surface area contributed by atoms with Gasteiger partial charge >= 0.3 is 0 Å². The molecule has 2 nitrogen and oxygen atoms in total. The lowest BCUT2D eigenvalue weighted by molar-refractivity contribution is 0.567. The highest BCUT2D eigenvalue weighted by atomic mass is 15.1. The Balaban J connectivity index is 2.40. The Bertz CT molecular complexity index is 303. The number of nitrogens with one attached hydrogen (secondary N) is 1. The summed E-state index contributed by atoms with van der Waals surface area (Å²) in [5.41, 5.74) is 2.66. The summed E-state index contributed by atoms with van der Waals surface area (Å²) < 4.78 is 0. The molecule has 0 spiro atoms. The molecule has 0 atom stereocenters. The predicted octanol–water partition coefficient (Wildman–Crippen LogP) is 3.21. The summed E-state index contributed by atoms with van der Waals surface area (Å²) in [5.74, 6) is 0. The van der Waals surface area contributed by atoms with Crippen molar-refractivity contribution in [3.8, 4) is 0 Å². The van der Waals surface area contributed by atoms with E-state index in [-0.39, 0.29) is 0 Å². The molecule has 1 N–H and O–H groups in total. The van der Waals surface area contributed by atoms with Gasteiger partial charge in [0.1, 0.15) is 0 Å². The first-order chi connectivity index (χ1) is 8.13. The molecule has 0 fully saturated rings. The number of anilines is 1. The van der Waals surface area contributed by atoms with Crippen LogP contribution in [0.4, 0.5) is 5.69 Å². The lowest BCUT2D eigenvalue weighted by atomic mass is 10.2. The van der Waals surface area contributed by atoms with Crippen molar-refractivity contribution >= 4 is 5.69 Å². The van der Waals surface area contributed by atoms with Crippen LogP contribution in [-0.2, 0) is 0 Å². The van der Waals surface area contributed by atoms with Gasteiger partial charge in [-0.3, -0.25) is 0 Å². The normalized spacial score (nSPS) is 10.9. The van der Waals surface area contributed by atoms with Crippen LogP contribution in [0.5, 0.6) is 0 Å². The molecule has 0 aromatic heterocycles. The lowest BCUT2D eigenvalue weighted by Gasteiger charge is -2.23. The predicted molar refractivity (Wildman–Crippen MR) is 76.8 cm³/mol. The van der Waals surface area contributed by atoms with Gasteiger partial charge in [-0.25, -0.2) is 0 Å². The van der Waals surface area contributed by atoms with Crippen LogP contribution in [0.15, 0.2) is 24.3 Å². The van der Waals surface area contributed by atoms with E-state index in [0.29, 0.717) is 6.04 Å². The highest BCUT2D eigenvalue weighted by Gasteiger charge is 2.03. The SMILES string of the molecule is CCN(CCCNC(C)C)c1ccc(C)cc1. The minimum Gasteiger partial charge on any atom is -0.372 e. The van der Waals surface area contributed by atoms with E-state index in [0.717, 1.165) is 19.6 Å². The maximum absolute atomic E-state index is 3.46. The second kappa shape index (κ2) is 7.33. The fraction of sp³-hybridized carbons (Fsp3) is 0.600. The molecule has 0 aliphatic carbocycles. The van der Waals surface area contributed by atoms with E-state index in [1.54, 1.807) is 0 Å². The van der Waals surface area contributed by atoms with Crippen LogP contribution in [0.3, 0.4) is 0 Å². The highest BCUT2D eigenvalue weighted by Crippen LogP contribution is 2.14. The highest BCUT2D eigenvalue weighted by molar-refractivity contribution is 5.47. The first-order valence-corrected chi connectivity index (χ1v) is 6.68. The summed E-state index contributed by atoms with van der Waals surface area (Å²) in [7, 11) is 0. The fourth-order valence-corrected chi connectivity index (χ4v) is 1.89. The molecule has 0 unspecified atom stereocenters. The van der Waals surface area contributed by atoms with E-state index in [1.807, 2.05) is 0 Å². The molecule has 1 aromatic carbocycles. The Labute approximate surface area is 106 Å². The Kier molecular flexibility index (Phi) is 6.06. The average molecular weight is 234 g/mol. The molecular weight excluding hydrogens is 208 g/mol. The van der Waals surface area contributed by atoms with Gasteiger partial charge in [-0.2, -0.15) is 0 Å². The minimum atomic E-state index is 0.587. The standard InChI is InChI=1S/C15H26N2/c1-5-17(12-6-11-16-13(2)3)15-9-7-14(4)8-10-15/h7-10,13,16H,5-6,11-12H2,1-4H3. The van der Waals surface area contributed by atoms with Gasteiger partial charge in [0.15, 0.2) is 0 Å². The molecule has 0 saturated carbocycles. The molecule has 0 amide bonds. The quantitative estimate of drug-likeness (QED) is 0.729. The van der Waals surface area contributed by atoms with Gasteiger partial charge < -0.3 is 10.2 Å². The van der Waals surface area contributed by atoms with E-state index in [2.05, 4.69) is 62.2 Å². The van der Waals surface area contributed by atoms with Crippen molar-refractivity contribution in [2.75, 3.05) is 24.5 Å². The molecule has 17 heavy (non-hydrogen) atoms. The van der Waals surface area contributed by atoms with Crippen molar-refractivity contribution < 1.29 is 0 Å². The Morgan fingerprint density at radius 2 is 1.82 bits per heavy atom. The summed E-state index contributed by atoms with van der Waals surface area (Å²) in [5, 5.41) is 3.46. The van der Waals surface area contributed by atoms with Gasteiger partial charge in [0.2, 0.25) is 0 Å². The van der Waals surface area contributed by atoms with E-state index in [9.17, 15) is 0 Å². The molecule has 0 bridgehead atoms. The topological polar surface area (TPSA) is 15.3 Å². The molecule has 0 saturated heterocycles. The van der Waals surface area contributed by atoms with Crippen LogP contribution in [-0.4, -0.2) is 25.7 Å². The van der Waals surface area contributed by atoms with Crippen molar-refractivity contribution in [1.29, 1.82) is 0 Å². The third kappa shape index (κ3) is 5.22. The molecule has 1 rings (SSSR count). The number of aryl methyl sites for hydroxylation is 1. The summed E-state index contributed by atoms with van der Waals surface area (Å²) in [6.45, 7) is 12.0. The lowest BCUT2D eigenvalue weighted by Crippen LogP contribution is -2.29. The van der Waals surface area contributed by atoms with Crippen molar-refractivity contribution in [3.05, 3.63) is 29.8 Å². The summed E-state index contributed by atoms with van der Waals surface area (Å²) >= 11 is 0. The van der Waals surface area contributed by atoms with Gasteiger partial charge in [-0.05, 0) is 38.9 Å². The van der Waals surface area contributed by atoms with Gasteiger partial charge in [-0.15, -0.1) is 0 Å². The van der Waals surface area contributed by atoms with E-state index in [4.69, 9.17) is 0 Å². The largest absolute Gasteiger partial charge is 0.372 e. The molecule has 96 valence electrons. The van der Waals surface area contributed by atoms with E-state index in [1.165, 1.54) is 17.7 Å². The Morgan fingerprint density at radius 1 is 1.18 bits per heavy atom. The van der Waals surface area contributed by atoms with Crippen LogP contribution in [0.1, 0.15) is 32.8 Å². The maximum Gasteiger partial charge on any atom is 0.0366 e. The smallest absolute Gasteiger partial charge is 0.0366 e.